The third-order valence-corrected chi connectivity index (χ3v) is 3.86. The molecule has 0 radical (unpaired) electrons. The molecule has 1 N–H and O–H groups in total. The fraction of sp³-hybridized carbons (Fsp3) is 0.222. The van der Waals surface area contributed by atoms with Gasteiger partial charge in [0.15, 0.2) is 0 Å². The Balaban J connectivity index is 1.75. The SMILES string of the molecule is COc1ccc2c(c1)/C(=C\N(C)CCc1ccncc1)C(=O)N2. The van der Waals surface area contributed by atoms with Gasteiger partial charge in [0.1, 0.15) is 5.75 Å². The van der Waals surface area contributed by atoms with Crippen molar-refractivity contribution in [2.45, 2.75) is 6.42 Å². The van der Waals surface area contributed by atoms with Crippen LogP contribution in [0.15, 0.2) is 48.9 Å². The van der Waals surface area contributed by atoms with Crippen LogP contribution in [0.5, 0.6) is 5.75 Å². The maximum Gasteiger partial charge on any atom is 0.257 e. The number of fused-ring (bicyclic) bond motifs is 1. The van der Waals surface area contributed by atoms with E-state index in [-0.39, 0.29) is 5.91 Å². The lowest BCUT2D eigenvalue weighted by Gasteiger charge is -2.15. The van der Waals surface area contributed by atoms with Crippen molar-refractivity contribution in [3.63, 3.8) is 0 Å². The van der Waals surface area contributed by atoms with Crippen molar-refractivity contribution in [2.75, 3.05) is 26.0 Å². The molecule has 1 aromatic heterocycles. The van der Waals surface area contributed by atoms with Gasteiger partial charge in [0.25, 0.3) is 5.91 Å². The van der Waals surface area contributed by atoms with Crippen molar-refractivity contribution in [1.82, 2.24) is 9.88 Å². The average molecular weight is 309 g/mol. The number of carbonyl (C=O) groups is 1. The molecule has 0 unspecified atom stereocenters. The molecule has 0 fully saturated rings. The highest BCUT2D eigenvalue weighted by atomic mass is 16.5. The molecule has 5 nitrogen and oxygen atoms in total. The topological polar surface area (TPSA) is 54.5 Å². The van der Waals surface area contributed by atoms with Crippen molar-refractivity contribution in [3.8, 4) is 5.75 Å². The fourth-order valence-corrected chi connectivity index (χ4v) is 2.56. The highest BCUT2D eigenvalue weighted by Gasteiger charge is 2.25. The molecule has 0 saturated heterocycles. The Labute approximate surface area is 135 Å². The van der Waals surface area contributed by atoms with E-state index in [1.54, 1.807) is 19.5 Å². The number of aromatic nitrogens is 1. The van der Waals surface area contributed by atoms with Gasteiger partial charge < -0.3 is 15.0 Å². The number of hydrogen-bond acceptors (Lipinski definition) is 4. The monoisotopic (exact) mass is 309 g/mol. The molecule has 0 saturated carbocycles. The van der Waals surface area contributed by atoms with Gasteiger partial charge in [-0.1, -0.05) is 0 Å². The summed E-state index contributed by atoms with van der Waals surface area (Å²) in [5.41, 5.74) is 3.59. The molecule has 2 heterocycles. The Hall–Kier alpha value is -2.82. The van der Waals surface area contributed by atoms with Gasteiger partial charge in [-0.2, -0.15) is 0 Å². The predicted octanol–water partition coefficient (Wildman–Crippen LogP) is 2.56. The van der Waals surface area contributed by atoms with E-state index < -0.39 is 0 Å². The van der Waals surface area contributed by atoms with Gasteiger partial charge in [0, 0.05) is 43.4 Å². The Morgan fingerprint density at radius 1 is 1.26 bits per heavy atom. The molecule has 2 aromatic rings. The normalized spacial score (nSPS) is 14.5. The molecule has 0 spiro atoms. The number of amides is 1. The van der Waals surface area contributed by atoms with Crippen LogP contribution in [0.1, 0.15) is 11.1 Å². The largest absolute Gasteiger partial charge is 0.497 e. The zero-order valence-electron chi connectivity index (χ0n) is 13.2. The summed E-state index contributed by atoms with van der Waals surface area (Å²) in [5, 5.41) is 2.88. The first-order chi connectivity index (χ1) is 11.2. The number of likely N-dealkylation sites (N-methyl/N-ethyl adjacent to an activating group) is 1. The molecule has 1 aliphatic rings. The van der Waals surface area contributed by atoms with Crippen molar-refractivity contribution < 1.29 is 9.53 Å². The van der Waals surface area contributed by atoms with Crippen LogP contribution in [0.2, 0.25) is 0 Å². The lowest BCUT2D eigenvalue weighted by atomic mass is 10.1. The van der Waals surface area contributed by atoms with E-state index >= 15 is 0 Å². The van der Waals surface area contributed by atoms with E-state index in [1.165, 1.54) is 5.56 Å². The molecule has 1 aromatic carbocycles. The number of nitrogens with one attached hydrogen (secondary N) is 1. The van der Waals surface area contributed by atoms with Crippen LogP contribution >= 0.6 is 0 Å². The number of benzene rings is 1. The minimum Gasteiger partial charge on any atom is -0.497 e. The minimum atomic E-state index is -0.0796. The molecule has 1 amide bonds. The molecule has 0 atom stereocenters. The second-order valence-electron chi connectivity index (χ2n) is 5.49. The number of ether oxygens (including phenoxy) is 1. The summed E-state index contributed by atoms with van der Waals surface area (Å²) >= 11 is 0. The molecule has 23 heavy (non-hydrogen) atoms. The minimum absolute atomic E-state index is 0.0796. The first-order valence-electron chi connectivity index (χ1n) is 7.48. The van der Waals surface area contributed by atoms with Crippen molar-refractivity contribution in [2.24, 2.45) is 0 Å². The lowest BCUT2D eigenvalue weighted by Crippen LogP contribution is -2.16. The summed E-state index contributed by atoms with van der Waals surface area (Å²) in [5.74, 6) is 0.662. The Morgan fingerprint density at radius 3 is 2.78 bits per heavy atom. The van der Waals surface area contributed by atoms with E-state index in [4.69, 9.17) is 4.74 Å². The van der Waals surface area contributed by atoms with Crippen LogP contribution in [0.25, 0.3) is 5.57 Å². The summed E-state index contributed by atoms with van der Waals surface area (Å²) in [4.78, 5) is 18.2. The van der Waals surface area contributed by atoms with Gasteiger partial charge in [-0.25, -0.2) is 0 Å². The molecule has 0 bridgehead atoms. The highest BCUT2D eigenvalue weighted by Crippen LogP contribution is 2.34. The fourth-order valence-electron chi connectivity index (χ4n) is 2.56. The molecule has 0 aliphatic carbocycles. The quantitative estimate of drug-likeness (QED) is 0.863. The Bertz CT molecular complexity index is 741. The summed E-state index contributed by atoms with van der Waals surface area (Å²) in [7, 11) is 3.59. The zero-order valence-corrected chi connectivity index (χ0v) is 13.2. The van der Waals surface area contributed by atoms with Gasteiger partial charge in [0.2, 0.25) is 0 Å². The number of carbonyl (C=O) groups excluding carboxylic acids is 1. The molecule has 118 valence electrons. The summed E-state index contributed by atoms with van der Waals surface area (Å²) in [6.07, 6.45) is 6.37. The van der Waals surface area contributed by atoms with E-state index in [0.717, 1.165) is 30.0 Å². The van der Waals surface area contributed by atoms with Crippen molar-refractivity contribution in [1.29, 1.82) is 0 Å². The zero-order chi connectivity index (χ0) is 16.2. The summed E-state index contributed by atoms with van der Waals surface area (Å²) in [6, 6.07) is 9.60. The number of rotatable bonds is 5. The Morgan fingerprint density at radius 2 is 2.04 bits per heavy atom. The van der Waals surface area contributed by atoms with E-state index in [9.17, 15) is 4.79 Å². The number of pyridine rings is 1. The van der Waals surface area contributed by atoms with Crippen LogP contribution in [-0.4, -0.2) is 36.5 Å². The van der Waals surface area contributed by atoms with Gasteiger partial charge in [-0.15, -0.1) is 0 Å². The molecule has 3 rings (SSSR count). The Kier molecular flexibility index (Phi) is 4.28. The van der Waals surface area contributed by atoms with E-state index in [1.807, 2.05) is 48.5 Å². The van der Waals surface area contributed by atoms with Crippen LogP contribution < -0.4 is 10.1 Å². The lowest BCUT2D eigenvalue weighted by molar-refractivity contribution is -0.110. The van der Waals surface area contributed by atoms with Gasteiger partial charge in [-0.3, -0.25) is 9.78 Å². The maximum absolute atomic E-state index is 12.2. The first-order valence-corrected chi connectivity index (χ1v) is 7.48. The number of anilines is 1. The molecule has 1 aliphatic heterocycles. The third-order valence-electron chi connectivity index (χ3n) is 3.86. The van der Waals surface area contributed by atoms with E-state index in [2.05, 4.69) is 10.3 Å². The first kappa shape index (κ1) is 15.1. The smallest absolute Gasteiger partial charge is 0.257 e. The van der Waals surface area contributed by atoms with Crippen LogP contribution in [0.3, 0.4) is 0 Å². The predicted molar refractivity (Wildman–Crippen MR) is 90.2 cm³/mol. The van der Waals surface area contributed by atoms with Crippen LogP contribution in [-0.2, 0) is 11.2 Å². The molecule has 5 heteroatoms. The highest BCUT2D eigenvalue weighted by molar-refractivity contribution is 6.31. The number of hydrogen-bond donors (Lipinski definition) is 1. The summed E-state index contributed by atoms with van der Waals surface area (Å²) in [6.45, 7) is 0.820. The standard InChI is InChI=1S/C18H19N3O2/c1-21(10-7-13-5-8-19-9-6-13)12-16-15-11-14(23-2)3-4-17(15)20-18(16)22/h3-6,8-9,11-12H,7,10H2,1-2H3,(H,20,22)/b16-12+. The van der Waals surface area contributed by atoms with Gasteiger partial charge >= 0.3 is 0 Å². The molecular weight excluding hydrogens is 290 g/mol. The van der Waals surface area contributed by atoms with Gasteiger partial charge in [-0.05, 0) is 42.3 Å². The van der Waals surface area contributed by atoms with Gasteiger partial charge in [0.05, 0.1) is 12.7 Å². The average Bonchev–Trinajstić information content (AvgIpc) is 2.89. The maximum atomic E-state index is 12.2. The summed E-state index contributed by atoms with van der Waals surface area (Å²) < 4.78 is 5.25. The number of methoxy groups -OCH3 is 1. The van der Waals surface area contributed by atoms with Crippen LogP contribution in [0, 0.1) is 0 Å². The molecular formula is C18H19N3O2. The second kappa shape index (κ2) is 6.52. The van der Waals surface area contributed by atoms with Crippen molar-refractivity contribution in [3.05, 3.63) is 60.1 Å². The van der Waals surface area contributed by atoms with E-state index in [0.29, 0.717) is 5.57 Å². The second-order valence-corrected chi connectivity index (χ2v) is 5.49. The third kappa shape index (κ3) is 3.34. The van der Waals surface area contributed by atoms with Crippen molar-refractivity contribution >= 4 is 17.2 Å². The number of nitrogens with zero attached hydrogens (tertiary/aromatic N) is 2. The van der Waals surface area contributed by atoms with Crippen LogP contribution in [0.4, 0.5) is 5.69 Å².